The van der Waals surface area contributed by atoms with Crippen LogP contribution in [0.4, 0.5) is 8.78 Å². The van der Waals surface area contributed by atoms with E-state index in [1.807, 2.05) is 4.68 Å². The van der Waals surface area contributed by atoms with E-state index >= 15 is 0 Å². The molecule has 1 aliphatic heterocycles. The molecule has 1 atom stereocenters. The van der Waals surface area contributed by atoms with Crippen molar-refractivity contribution in [2.75, 3.05) is 21.3 Å². The van der Waals surface area contributed by atoms with Gasteiger partial charge in [0.25, 0.3) is 0 Å². The molecule has 0 fully saturated rings. The van der Waals surface area contributed by atoms with Crippen LogP contribution >= 0.6 is 24.0 Å². The SMILES string of the molecule is CN=C(NCc1ccc(OC)c(OC(F)F)c1)NC1CCc2nc(COC)nn2C1.I. The number of alkyl halides is 2. The van der Waals surface area contributed by atoms with Crippen LogP contribution in [0.1, 0.15) is 23.6 Å². The molecule has 9 nitrogen and oxygen atoms in total. The van der Waals surface area contributed by atoms with Gasteiger partial charge in [0.2, 0.25) is 0 Å². The molecule has 12 heteroatoms. The third-order valence-corrected chi connectivity index (χ3v) is 4.64. The summed E-state index contributed by atoms with van der Waals surface area (Å²) in [6.45, 7) is -1.49. The van der Waals surface area contributed by atoms with Crippen molar-refractivity contribution in [3.05, 3.63) is 35.4 Å². The fourth-order valence-corrected chi connectivity index (χ4v) is 3.26. The second-order valence-electron chi connectivity index (χ2n) is 6.73. The van der Waals surface area contributed by atoms with Gasteiger partial charge in [-0.05, 0) is 24.1 Å². The highest BCUT2D eigenvalue weighted by atomic mass is 127. The summed E-state index contributed by atoms with van der Waals surface area (Å²) in [4.78, 5) is 8.72. The van der Waals surface area contributed by atoms with Gasteiger partial charge in [-0.15, -0.1) is 24.0 Å². The fraction of sp³-hybridized carbons (Fsp3) is 0.526. The van der Waals surface area contributed by atoms with Gasteiger partial charge < -0.3 is 24.8 Å². The van der Waals surface area contributed by atoms with Crippen LogP contribution in [0.2, 0.25) is 0 Å². The first-order valence-electron chi connectivity index (χ1n) is 9.52. The number of aliphatic imine (C=N–C) groups is 1. The maximum Gasteiger partial charge on any atom is 0.387 e. The average molecular weight is 552 g/mol. The van der Waals surface area contributed by atoms with Gasteiger partial charge >= 0.3 is 6.61 Å². The van der Waals surface area contributed by atoms with E-state index in [9.17, 15) is 8.78 Å². The predicted molar refractivity (Wildman–Crippen MR) is 121 cm³/mol. The lowest BCUT2D eigenvalue weighted by Gasteiger charge is -2.25. The molecule has 1 aromatic carbocycles. The monoisotopic (exact) mass is 552 g/mol. The lowest BCUT2D eigenvalue weighted by atomic mass is 10.1. The first-order valence-corrected chi connectivity index (χ1v) is 9.52. The smallest absolute Gasteiger partial charge is 0.387 e. The molecule has 1 unspecified atom stereocenters. The van der Waals surface area contributed by atoms with E-state index in [1.165, 1.54) is 13.2 Å². The van der Waals surface area contributed by atoms with Crippen LogP contribution in [0.15, 0.2) is 23.2 Å². The van der Waals surface area contributed by atoms with Crippen LogP contribution in [0.5, 0.6) is 11.5 Å². The Bertz CT molecular complexity index is 880. The molecule has 172 valence electrons. The number of hydrogen-bond acceptors (Lipinski definition) is 6. The second kappa shape index (κ2) is 12.0. The molecule has 0 aliphatic carbocycles. The molecule has 2 aromatic rings. The average Bonchev–Trinajstić information content (AvgIpc) is 3.12. The Hall–Kier alpha value is -2.22. The maximum atomic E-state index is 12.6. The van der Waals surface area contributed by atoms with Gasteiger partial charge in [-0.25, -0.2) is 9.67 Å². The molecular weight excluding hydrogens is 525 g/mol. The zero-order chi connectivity index (χ0) is 21.5. The Labute approximate surface area is 196 Å². The van der Waals surface area contributed by atoms with Gasteiger partial charge in [0.1, 0.15) is 12.4 Å². The minimum Gasteiger partial charge on any atom is -0.493 e. The third-order valence-electron chi connectivity index (χ3n) is 4.64. The van der Waals surface area contributed by atoms with Gasteiger partial charge in [-0.3, -0.25) is 4.99 Å². The molecule has 1 aromatic heterocycles. The van der Waals surface area contributed by atoms with Crippen LogP contribution in [0.3, 0.4) is 0 Å². The molecule has 3 rings (SSSR count). The topological polar surface area (TPSA) is 94.8 Å². The highest BCUT2D eigenvalue weighted by Gasteiger charge is 2.22. The number of hydrogen-bond donors (Lipinski definition) is 2. The lowest BCUT2D eigenvalue weighted by molar-refractivity contribution is -0.0512. The normalized spacial score (nSPS) is 15.8. The minimum absolute atomic E-state index is 0. The van der Waals surface area contributed by atoms with Crippen molar-refractivity contribution in [1.82, 2.24) is 25.4 Å². The lowest BCUT2D eigenvalue weighted by Crippen LogP contribution is -2.46. The summed E-state index contributed by atoms with van der Waals surface area (Å²) in [5, 5.41) is 11.0. The number of methoxy groups -OCH3 is 2. The molecule has 0 saturated heterocycles. The number of benzene rings is 1. The van der Waals surface area contributed by atoms with Crippen LogP contribution in [-0.2, 0) is 30.9 Å². The quantitative estimate of drug-likeness (QED) is 0.295. The summed E-state index contributed by atoms with van der Waals surface area (Å²) in [6.07, 6.45) is 1.69. The zero-order valence-corrected chi connectivity index (χ0v) is 19.9. The standard InChI is InChI=1S/C19H26F2N6O3.HI/c1-22-19(23-9-12-4-6-14(29-3)15(8-12)30-18(20)21)24-13-5-7-17-25-16(11-28-2)26-27(17)10-13;/h4,6,8,13,18H,5,7,9-11H2,1-3H3,(H2,22,23,24);1H. The Kier molecular flexibility index (Phi) is 9.68. The Balaban J connectivity index is 0.00000341. The molecule has 1 aliphatic rings. The third kappa shape index (κ3) is 6.89. The maximum absolute atomic E-state index is 12.6. The van der Waals surface area contributed by atoms with E-state index in [-0.39, 0.29) is 41.5 Å². The summed E-state index contributed by atoms with van der Waals surface area (Å²) in [5.41, 5.74) is 0.751. The van der Waals surface area contributed by atoms with E-state index in [4.69, 9.17) is 9.47 Å². The first-order chi connectivity index (χ1) is 14.5. The number of nitrogens with zero attached hydrogens (tertiary/aromatic N) is 4. The van der Waals surface area contributed by atoms with E-state index in [0.717, 1.165) is 24.2 Å². The molecule has 0 spiro atoms. The van der Waals surface area contributed by atoms with Crippen molar-refractivity contribution in [2.45, 2.75) is 45.2 Å². The first kappa shape index (κ1) is 25.0. The molecule has 0 bridgehead atoms. The molecule has 0 radical (unpaired) electrons. The summed E-state index contributed by atoms with van der Waals surface area (Å²) in [7, 11) is 4.70. The Morgan fingerprint density at radius 3 is 2.81 bits per heavy atom. The van der Waals surface area contributed by atoms with Crippen molar-refractivity contribution in [1.29, 1.82) is 0 Å². The van der Waals surface area contributed by atoms with Gasteiger partial charge in [-0.2, -0.15) is 13.9 Å². The van der Waals surface area contributed by atoms with Crippen molar-refractivity contribution in [2.24, 2.45) is 4.99 Å². The van der Waals surface area contributed by atoms with E-state index < -0.39 is 6.61 Å². The highest BCUT2D eigenvalue weighted by molar-refractivity contribution is 14.0. The largest absolute Gasteiger partial charge is 0.493 e. The number of fused-ring (bicyclic) bond motifs is 1. The van der Waals surface area contributed by atoms with E-state index in [1.54, 1.807) is 26.3 Å². The Morgan fingerprint density at radius 2 is 2.13 bits per heavy atom. The van der Waals surface area contributed by atoms with Crippen molar-refractivity contribution >= 4 is 29.9 Å². The molecule has 2 N–H and O–H groups in total. The number of guanidine groups is 1. The van der Waals surface area contributed by atoms with Crippen molar-refractivity contribution in [3.8, 4) is 11.5 Å². The summed E-state index contributed by atoms with van der Waals surface area (Å²) >= 11 is 0. The van der Waals surface area contributed by atoms with Crippen molar-refractivity contribution < 1.29 is 23.0 Å². The van der Waals surface area contributed by atoms with Gasteiger partial charge in [0.15, 0.2) is 23.3 Å². The molecule has 31 heavy (non-hydrogen) atoms. The van der Waals surface area contributed by atoms with Crippen LogP contribution in [0, 0.1) is 0 Å². The molecular formula is C19H27F2IN6O3. The van der Waals surface area contributed by atoms with Crippen LogP contribution < -0.4 is 20.1 Å². The zero-order valence-electron chi connectivity index (χ0n) is 17.6. The van der Waals surface area contributed by atoms with Crippen LogP contribution in [0.25, 0.3) is 0 Å². The number of rotatable bonds is 8. The summed E-state index contributed by atoms with van der Waals surface area (Å²) in [5.74, 6) is 2.48. The second-order valence-corrected chi connectivity index (χ2v) is 6.73. The van der Waals surface area contributed by atoms with E-state index in [2.05, 4.69) is 30.4 Å². The number of aromatic nitrogens is 3. The van der Waals surface area contributed by atoms with E-state index in [0.29, 0.717) is 31.5 Å². The van der Waals surface area contributed by atoms with Crippen molar-refractivity contribution in [3.63, 3.8) is 0 Å². The summed E-state index contributed by atoms with van der Waals surface area (Å²) in [6, 6.07) is 5.02. The number of nitrogens with one attached hydrogen (secondary N) is 2. The predicted octanol–water partition coefficient (Wildman–Crippen LogP) is 2.33. The molecule has 0 saturated carbocycles. The number of aryl methyl sites for hydroxylation is 1. The fourth-order valence-electron chi connectivity index (χ4n) is 3.26. The van der Waals surface area contributed by atoms with Gasteiger partial charge in [0.05, 0.1) is 13.7 Å². The molecule has 2 heterocycles. The minimum atomic E-state index is -2.92. The number of ether oxygens (including phenoxy) is 3. The Morgan fingerprint density at radius 1 is 1.32 bits per heavy atom. The van der Waals surface area contributed by atoms with Gasteiger partial charge in [0, 0.05) is 33.2 Å². The highest BCUT2D eigenvalue weighted by Crippen LogP contribution is 2.29. The summed E-state index contributed by atoms with van der Waals surface area (Å²) < 4.78 is 41.8. The molecule has 0 amide bonds. The number of halogens is 3. The van der Waals surface area contributed by atoms with Crippen LogP contribution in [-0.4, -0.2) is 54.6 Å². The van der Waals surface area contributed by atoms with Gasteiger partial charge in [-0.1, -0.05) is 6.07 Å².